The molecule has 0 radical (unpaired) electrons. The van der Waals surface area contributed by atoms with Crippen LogP contribution in [0.2, 0.25) is 0 Å². The number of hydrogen-bond donors (Lipinski definition) is 1. The van der Waals surface area contributed by atoms with Crippen LogP contribution in [0.3, 0.4) is 0 Å². The third-order valence-electron chi connectivity index (χ3n) is 4.70. The second kappa shape index (κ2) is 7.09. The zero-order valence-electron chi connectivity index (χ0n) is 15.1. The van der Waals surface area contributed by atoms with E-state index in [9.17, 15) is 4.79 Å². The van der Waals surface area contributed by atoms with Crippen LogP contribution < -0.4 is 15.1 Å². The fraction of sp³-hybridized carbons (Fsp3) is 0.421. The van der Waals surface area contributed by atoms with Crippen molar-refractivity contribution in [3.05, 3.63) is 42.7 Å². The van der Waals surface area contributed by atoms with E-state index in [4.69, 9.17) is 0 Å². The minimum atomic E-state index is -0.447. The molecule has 2 aromatic rings. The first-order chi connectivity index (χ1) is 12.0. The van der Waals surface area contributed by atoms with E-state index in [-0.39, 0.29) is 5.91 Å². The van der Waals surface area contributed by atoms with Crippen molar-refractivity contribution in [2.45, 2.75) is 19.8 Å². The van der Waals surface area contributed by atoms with Gasteiger partial charge in [0.15, 0.2) is 0 Å². The number of carbonyl (C=O) groups excluding carboxylic acids is 1. The lowest BCUT2D eigenvalue weighted by atomic mass is 9.81. The van der Waals surface area contributed by atoms with E-state index >= 15 is 0 Å². The van der Waals surface area contributed by atoms with Crippen LogP contribution in [0.5, 0.6) is 0 Å². The number of anilines is 3. The zero-order chi connectivity index (χ0) is 17.9. The van der Waals surface area contributed by atoms with Gasteiger partial charge in [0, 0.05) is 38.9 Å². The van der Waals surface area contributed by atoms with Crippen LogP contribution in [-0.4, -0.2) is 43.1 Å². The Bertz CT molecular complexity index is 734. The van der Waals surface area contributed by atoms with Crippen LogP contribution in [0, 0.1) is 5.41 Å². The molecule has 1 aliphatic heterocycles. The van der Waals surface area contributed by atoms with Gasteiger partial charge in [0.25, 0.3) is 0 Å². The van der Waals surface area contributed by atoms with Crippen molar-refractivity contribution in [1.82, 2.24) is 9.97 Å². The number of hydrogen-bond acceptors (Lipinski definition) is 5. The number of benzene rings is 1. The first-order valence-corrected chi connectivity index (χ1v) is 8.59. The molecule has 1 aliphatic rings. The number of rotatable bonds is 4. The Morgan fingerprint density at radius 1 is 1.24 bits per heavy atom. The number of nitrogens with one attached hydrogen (secondary N) is 1. The fourth-order valence-electron chi connectivity index (χ4n) is 3.18. The molecule has 1 aromatic carbocycles. The van der Waals surface area contributed by atoms with E-state index in [0.717, 1.165) is 36.7 Å². The molecule has 0 aliphatic carbocycles. The number of carbonyl (C=O) groups is 1. The molecular formula is C19H25N5O. The van der Waals surface area contributed by atoms with E-state index in [1.165, 1.54) is 0 Å². The maximum absolute atomic E-state index is 12.9. The van der Waals surface area contributed by atoms with Crippen LogP contribution in [0.25, 0.3) is 0 Å². The molecule has 0 spiro atoms. The molecule has 3 rings (SSSR count). The Morgan fingerprint density at radius 3 is 2.72 bits per heavy atom. The van der Waals surface area contributed by atoms with Gasteiger partial charge in [-0.05, 0) is 31.9 Å². The minimum Gasteiger partial charge on any atom is -0.363 e. The largest absolute Gasteiger partial charge is 0.363 e. The predicted octanol–water partition coefficient (Wildman–Crippen LogP) is 2.79. The van der Waals surface area contributed by atoms with Gasteiger partial charge < -0.3 is 15.1 Å². The first-order valence-electron chi connectivity index (χ1n) is 8.59. The van der Waals surface area contributed by atoms with E-state index in [1.54, 1.807) is 6.33 Å². The average molecular weight is 339 g/mol. The highest BCUT2D eigenvalue weighted by molar-refractivity contribution is 5.95. The van der Waals surface area contributed by atoms with Crippen molar-refractivity contribution in [2.75, 3.05) is 42.3 Å². The summed E-state index contributed by atoms with van der Waals surface area (Å²) in [5.41, 5.74) is 0.389. The summed E-state index contributed by atoms with van der Waals surface area (Å²) in [6.45, 7) is 3.58. The smallest absolute Gasteiger partial charge is 0.232 e. The molecule has 1 aromatic heterocycles. The van der Waals surface area contributed by atoms with E-state index in [0.29, 0.717) is 6.54 Å². The maximum atomic E-state index is 12.9. The molecule has 0 unspecified atom stereocenters. The van der Waals surface area contributed by atoms with Crippen LogP contribution >= 0.6 is 0 Å². The Hall–Kier alpha value is -2.63. The molecule has 2 heterocycles. The summed E-state index contributed by atoms with van der Waals surface area (Å²) in [6, 6.07) is 11.6. The van der Waals surface area contributed by atoms with Gasteiger partial charge in [-0.25, -0.2) is 9.97 Å². The lowest BCUT2D eigenvalue weighted by Gasteiger charge is -2.40. The van der Waals surface area contributed by atoms with E-state index in [2.05, 4.69) is 20.2 Å². The van der Waals surface area contributed by atoms with Gasteiger partial charge in [-0.3, -0.25) is 4.79 Å². The highest BCUT2D eigenvalue weighted by Crippen LogP contribution is 2.33. The van der Waals surface area contributed by atoms with Gasteiger partial charge in [-0.2, -0.15) is 0 Å². The molecule has 1 N–H and O–H groups in total. The van der Waals surface area contributed by atoms with Gasteiger partial charge >= 0.3 is 0 Å². The number of para-hydroxylation sites is 1. The summed E-state index contributed by atoms with van der Waals surface area (Å²) >= 11 is 0. The average Bonchev–Trinajstić information content (AvgIpc) is 2.62. The molecule has 1 atom stereocenters. The van der Waals surface area contributed by atoms with Gasteiger partial charge in [0.05, 0.1) is 5.41 Å². The number of aromatic nitrogens is 2. The third kappa shape index (κ3) is 3.90. The van der Waals surface area contributed by atoms with E-state index < -0.39 is 5.41 Å². The maximum Gasteiger partial charge on any atom is 0.232 e. The lowest BCUT2D eigenvalue weighted by molar-refractivity contribution is -0.125. The lowest BCUT2D eigenvalue weighted by Crippen LogP contribution is -2.48. The molecule has 6 nitrogen and oxygen atoms in total. The Kier molecular flexibility index (Phi) is 4.88. The molecule has 6 heteroatoms. The Balaban J connectivity index is 1.75. The monoisotopic (exact) mass is 339 g/mol. The number of piperidine rings is 1. The van der Waals surface area contributed by atoms with Gasteiger partial charge in [0.1, 0.15) is 18.0 Å². The Morgan fingerprint density at radius 2 is 2.00 bits per heavy atom. The predicted molar refractivity (Wildman–Crippen MR) is 101 cm³/mol. The summed E-state index contributed by atoms with van der Waals surface area (Å²) < 4.78 is 0. The standard InChI is InChI=1S/C19H25N5O/c1-19(18(25)22-15-8-5-4-6-9-15)10-7-11-24(13-19)17-12-16(23(2)3)20-14-21-17/h4-6,8-9,12,14H,7,10-11,13H2,1-3H3,(H,22,25)/t19-/m1/s1. The summed E-state index contributed by atoms with van der Waals surface area (Å²) in [6.07, 6.45) is 3.41. The zero-order valence-corrected chi connectivity index (χ0v) is 15.1. The fourth-order valence-corrected chi connectivity index (χ4v) is 3.18. The van der Waals surface area contributed by atoms with Gasteiger partial charge in [-0.15, -0.1) is 0 Å². The van der Waals surface area contributed by atoms with Crippen molar-refractivity contribution in [2.24, 2.45) is 5.41 Å². The van der Waals surface area contributed by atoms with Gasteiger partial charge in [0.2, 0.25) is 5.91 Å². The van der Waals surface area contributed by atoms with Crippen LogP contribution in [0.1, 0.15) is 19.8 Å². The molecular weight excluding hydrogens is 314 g/mol. The van der Waals surface area contributed by atoms with E-state index in [1.807, 2.05) is 62.3 Å². The Labute approximate surface area is 148 Å². The minimum absolute atomic E-state index is 0.0605. The van der Waals surface area contributed by atoms with Crippen molar-refractivity contribution in [1.29, 1.82) is 0 Å². The topological polar surface area (TPSA) is 61.4 Å². The number of nitrogens with zero attached hydrogens (tertiary/aromatic N) is 4. The van der Waals surface area contributed by atoms with Crippen molar-refractivity contribution in [3.63, 3.8) is 0 Å². The SMILES string of the molecule is CN(C)c1cc(N2CCC[C@@](C)(C(=O)Nc3ccccc3)C2)ncn1. The van der Waals surface area contributed by atoms with Crippen LogP contribution in [0.15, 0.2) is 42.7 Å². The van der Waals surface area contributed by atoms with Crippen LogP contribution in [-0.2, 0) is 4.79 Å². The highest BCUT2D eigenvalue weighted by Gasteiger charge is 2.38. The molecule has 132 valence electrons. The quantitative estimate of drug-likeness (QED) is 0.928. The van der Waals surface area contributed by atoms with Crippen molar-refractivity contribution >= 4 is 23.2 Å². The second-order valence-corrected chi connectivity index (χ2v) is 7.03. The molecule has 1 amide bonds. The summed E-state index contributed by atoms with van der Waals surface area (Å²) in [5, 5.41) is 3.05. The molecule has 25 heavy (non-hydrogen) atoms. The summed E-state index contributed by atoms with van der Waals surface area (Å²) in [7, 11) is 3.92. The second-order valence-electron chi connectivity index (χ2n) is 7.03. The molecule has 0 saturated carbocycles. The number of amides is 1. The summed E-state index contributed by atoms with van der Waals surface area (Å²) in [5.74, 6) is 1.80. The van der Waals surface area contributed by atoms with Gasteiger partial charge in [-0.1, -0.05) is 18.2 Å². The normalized spacial score (nSPS) is 20.2. The molecule has 1 saturated heterocycles. The van der Waals surface area contributed by atoms with Crippen molar-refractivity contribution in [3.8, 4) is 0 Å². The molecule has 0 bridgehead atoms. The summed E-state index contributed by atoms with van der Waals surface area (Å²) in [4.78, 5) is 25.7. The van der Waals surface area contributed by atoms with Crippen molar-refractivity contribution < 1.29 is 4.79 Å². The highest BCUT2D eigenvalue weighted by atomic mass is 16.2. The molecule has 1 fully saturated rings. The van der Waals surface area contributed by atoms with Crippen LogP contribution in [0.4, 0.5) is 17.3 Å². The third-order valence-corrected chi connectivity index (χ3v) is 4.70. The first kappa shape index (κ1) is 17.2.